The highest BCUT2D eigenvalue weighted by atomic mass is 35.5. The van der Waals surface area contributed by atoms with Crippen LogP contribution in [0.3, 0.4) is 0 Å². The average Bonchev–Trinajstić information content (AvgIpc) is 2.15. The second-order valence-electron chi connectivity index (χ2n) is 3.39. The van der Waals surface area contributed by atoms with Gasteiger partial charge in [-0.2, -0.15) is 0 Å². The molecule has 0 amide bonds. The van der Waals surface area contributed by atoms with Crippen molar-refractivity contribution in [3.8, 4) is 0 Å². The molecule has 0 aliphatic carbocycles. The molecule has 0 aliphatic rings. The van der Waals surface area contributed by atoms with Gasteiger partial charge >= 0.3 is 0 Å². The van der Waals surface area contributed by atoms with Crippen LogP contribution >= 0.6 is 11.6 Å². The van der Waals surface area contributed by atoms with Gasteiger partial charge in [0, 0.05) is 18.2 Å². The largest absolute Gasteiger partial charge is 0.317 e. The van der Waals surface area contributed by atoms with Gasteiger partial charge in [0.25, 0.3) is 0 Å². The van der Waals surface area contributed by atoms with Gasteiger partial charge in [-0.3, -0.25) is 4.98 Å². The van der Waals surface area contributed by atoms with E-state index in [1.54, 1.807) is 0 Å². The highest BCUT2D eigenvalue weighted by Crippen LogP contribution is 2.21. The molecule has 0 fully saturated rings. The lowest BCUT2D eigenvalue weighted by Gasteiger charge is -2.19. The van der Waals surface area contributed by atoms with E-state index in [-0.39, 0.29) is 17.8 Å². The smallest absolute Gasteiger partial charge is 0.146 e. The van der Waals surface area contributed by atoms with E-state index in [1.807, 2.05) is 20.9 Å². The Morgan fingerprint density at radius 2 is 2.14 bits per heavy atom. The number of hydrogen-bond acceptors (Lipinski definition) is 2. The summed E-state index contributed by atoms with van der Waals surface area (Å²) in [5, 5.41) is 3.39. The van der Waals surface area contributed by atoms with Crippen LogP contribution in [-0.4, -0.2) is 18.1 Å². The van der Waals surface area contributed by atoms with Crippen molar-refractivity contribution in [2.75, 3.05) is 7.05 Å². The van der Waals surface area contributed by atoms with Crippen molar-refractivity contribution in [1.29, 1.82) is 0 Å². The fourth-order valence-corrected chi connectivity index (χ4v) is 1.39. The highest BCUT2D eigenvalue weighted by molar-refractivity contribution is 6.30. The summed E-state index contributed by atoms with van der Waals surface area (Å²) < 4.78 is 13.4. The number of nitrogens with zero attached hydrogens (tertiary/aromatic N) is 1. The van der Waals surface area contributed by atoms with Crippen molar-refractivity contribution in [2.24, 2.45) is 0 Å². The molecular weight excluding hydrogens is 203 g/mol. The minimum Gasteiger partial charge on any atom is -0.317 e. The Morgan fingerprint density at radius 3 is 2.64 bits per heavy atom. The molecule has 2 atom stereocenters. The fraction of sp³-hybridized carbons (Fsp3) is 0.500. The summed E-state index contributed by atoms with van der Waals surface area (Å²) in [6.07, 6.45) is 1.47. The van der Waals surface area contributed by atoms with Crippen LogP contribution in [0.5, 0.6) is 0 Å². The number of aromatic nitrogens is 1. The summed E-state index contributed by atoms with van der Waals surface area (Å²) in [4.78, 5) is 4.00. The Labute approximate surface area is 88.5 Å². The molecule has 0 spiro atoms. The number of pyridine rings is 1. The molecular formula is C10H14ClFN2. The Kier molecular flexibility index (Phi) is 3.84. The Morgan fingerprint density at radius 1 is 1.50 bits per heavy atom. The van der Waals surface area contributed by atoms with Crippen LogP contribution < -0.4 is 5.32 Å². The zero-order valence-corrected chi connectivity index (χ0v) is 9.27. The van der Waals surface area contributed by atoms with Crippen molar-refractivity contribution in [3.05, 3.63) is 28.8 Å². The standard InChI is InChI=1S/C10H14ClFN2/c1-6(7(2)13-3)10-9(12)4-8(11)5-14-10/h4-7,13H,1-3H3. The van der Waals surface area contributed by atoms with Gasteiger partial charge in [0.05, 0.1) is 10.7 Å². The van der Waals surface area contributed by atoms with Gasteiger partial charge in [-0.25, -0.2) is 4.39 Å². The molecule has 4 heteroatoms. The van der Waals surface area contributed by atoms with Crippen LogP contribution in [0.1, 0.15) is 25.5 Å². The van der Waals surface area contributed by atoms with Crippen LogP contribution in [0.25, 0.3) is 0 Å². The molecule has 1 aromatic rings. The summed E-state index contributed by atoms with van der Waals surface area (Å²) in [5.41, 5.74) is 0.455. The van der Waals surface area contributed by atoms with Gasteiger partial charge in [0.15, 0.2) is 0 Å². The maximum atomic E-state index is 13.4. The van der Waals surface area contributed by atoms with Crippen LogP contribution in [-0.2, 0) is 0 Å². The number of rotatable bonds is 3. The van der Waals surface area contributed by atoms with Crippen molar-refractivity contribution in [1.82, 2.24) is 10.3 Å². The molecule has 0 aliphatic heterocycles. The van der Waals surface area contributed by atoms with Crippen LogP contribution in [0, 0.1) is 5.82 Å². The van der Waals surface area contributed by atoms with Gasteiger partial charge in [0.1, 0.15) is 5.82 Å². The first-order chi connectivity index (χ1) is 6.56. The lowest BCUT2D eigenvalue weighted by Crippen LogP contribution is -2.28. The number of nitrogens with one attached hydrogen (secondary N) is 1. The quantitative estimate of drug-likeness (QED) is 0.840. The average molecular weight is 217 g/mol. The first-order valence-electron chi connectivity index (χ1n) is 4.54. The first-order valence-corrected chi connectivity index (χ1v) is 4.92. The topological polar surface area (TPSA) is 24.9 Å². The molecule has 2 unspecified atom stereocenters. The number of halogens is 2. The van der Waals surface area contributed by atoms with Crippen molar-refractivity contribution >= 4 is 11.6 Å². The first kappa shape index (κ1) is 11.4. The molecule has 1 N–H and O–H groups in total. The van der Waals surface area contributed by atoms with Crippen LogP contribution in [0.4, 0.5) is 4.39 Å². The van der Waals surface area contributed by atoms with E-state index in [1.165, 1.54) is 12.3 Å². The molecule has 1 rings (SSSR count). The molecule has 2 nitrogen and oxygen atoms in total. The van der Waals surface area contributed by atoms with Crippen LogP contribution in [0.2, 0.25) is 5.02 Å². The van der Waals surface area contributed by atoms with E-state index in [0.717, 1.165) is 0 Å². The summed E-state index contributed by atoms with van der Waals surface area (Å²) >= 11 is 5.62. The lowest BCUT2D eigenvalue weighted by molar-refractivity contribution is 0.485. The Balaban J connectivity index is 2.95. The molecule has 14 heavy (non-hydrogen) atoms. The van der Waals surface area contributed by atoms with Gasteiger partial charge < -0.3 is 5.32 Å². The molecule has 0 bridgehead atoms. The predicted octanol–water partition coefficient (Wildman–Crippen LogP) is 2.59. The van der Waals surface area contributed by atoms with E-state index in [2.05, 4.69) is 10.3 Å². The minimum atomic E-state index is -0.341. The van der Waals surface area contributed by atoms with Crippen LogP contribution in [0.15, 0.2) is 12.3 Å². The summed E-state index contributed by atoms with van der Waals surface area (Å²) in [7, 11) is 1.84. The van der Waals surface area contributed by atoms with Gasteiger partial charge in [-0.15, -0.1) is 0 Å². The van der Waals surface area contributed by atoms with E-state index in [4.69, 9.17) is 11.6 Å². The number of hydrogen-bond donors (Lipinski definition) is 1. The molecule has 0 saturated heterocycles. The Bertz CT molecular complexity index is 317. The fourth-order valence-electron chi connectivity index (χ4n) is 1.25. The predicted molar refractivity (Wildman–Crippen MR) is 56.1 cm³/mol. The molecule has 1 heterocycles. The third-order valence-electron chi connectivity index (χ3n) is 2.47. The maximum absolute atomic E-state index is 13.4. The summed E-state index contributed by atoms with van der Waals surface area (Å²) in [5.74, 6) is -0.315. The minimum absolute atomic E-state index is 0.0252. The van der Waals surface area contributed by atoms with Gasteiger partial charge in [-0.05, 0) is 20.0 Å². The summed E-state index contributed by atoms with van der Waals surface area (Å²) in [6.45, 7) is 3.92. The normalized spacial score (nSPS) is 15.2. The third-order valence-corrected chi connectivity index (χ3v) is 2.68. The van der Waals surface area contributed by atoms with Gasteiger partial charge in [-0.1, -0.05) is 18.5 Å². The second kappa shape index (κ2) is 4.71. The maximum Gasteiger partial charge on any atom is 0.146 e. The van der Waals surface area contributed by atoms with Crippen molar-refractivity contribution < 1.29 is 4.39 Å². The van der Waals surface area contributed by atoms with Gasteiger partial charge in [0.2, 0.25) is 0 Å². The zero-order valence-electron chi connectivity index (χ0n) is 8.51. The van der Waals surface area contributed by atoms with E-state index >= 15 is 0 Å². The zero-order chi connectivity index (χ0) is 10.7. The molecule has 78 valence electrons. The highest BCUT2D eigenvalue weighted by Gasteiger charge is 2.17. The molecule has 0 aromatic carbocycles. The van der Waals surface area contributed by atoms with E-state index < -0.39 is 0 Å². The van der Waals surface area contributed by atoms with E-state index in [0.29, 0.717) is 10.7 Å². The molecule has 1 aromatic heterocycles. The molecule has 0 radical (unpaired) electrons. The monoisotopic (exact) mass is 216 g/mol. The second-order valence-corrected chi connectivity index (χ2v) is 3.82. The van der Waals surface area contributed by atoms with E-state index in [9.17, 15) is 4.39 Å². The molecule has 0 saturated carbocycles. The SMILES string of the molecule is CNC(C)C(C)c1ncc(Cl)cc1F. The summed E-state index contributed by atoms with van der Waals surface area (Å²) in [6, 6.07) is 1.47. The third kappa shape index (κ3) is 2.42. The van der Waals surface area contributed by atoms with Crippen molar-refractivity contribution in [2.45, 2.75) is 25.8 Å². The lowest BCUT2D eigenvalue weighted by atomic mass is 9.99. The Hall–Kier alpha value is -0.670. The number of likely N-dealkylation sites (N-methyl/N-ethyl adjacent to an activating group) is 1. The van der Waals surface area contributed by atoms with Crippen molar-refractivity contribution in [3.63, 3.8) is 0 Å².